The van der Waals surface area contributed by atoms with Crippen molar-refractivity contribution in [3.8, 4) is 11.5 Å². The van der Waals surface area contributed by atoms with E-state index < -0.39 is 5.97 Å². The summed E-state index contributed by atoms with van der Waals surface area (Å²) in [6.07, 6.45) is 1.52. The fourth-order valence-electron chi connectivity index (χ4n) is 1.47. The summed E-state index contributed by atoms with van der Waals surface area (Å²) in [6, 6.07) is 9.51. The van der Waals surface area contributed by atoms with Gasteiger partial charge in [0.25, 0.3) is 0 Å². The third kappa shape index (κ3) is 4.30. The zero-order valence-electron chi connectivity index (χ0n) is 10.5. The van der Waals surface area contributed by atoms with E-state index in [2.05, 4.69) is 5.16 Å². The number of rotatable bonds is 4. The number of hydrogen-bond acceptors (Lipinski definition) is 4. The van der Waals surface area contributed by atoms with Gasteiger partial charge in [-0.15, -0.1) is 0 Å². The molecule has 0 atom stereocenters. The first-order chi connectivity index (χ1) is 9.97. The Hall–Kier alpha value is -1.36. The van der Waals surface area contributed by atoms with Crippen LogP contribution in [0.1, 0.15) is 15.9 Å². The number of aromatic carboxylic acids is 1. The highest BCUT2D eigenvalue weighted by Gasteiger charge is 2.05. The van der Waals surface area contributed by atoms with Crippen LogP contribution < -0.4 is 4.84 Å². The Kier molecular flexibility index (Phi) is 5.39. The van der Waals surface area contributed by atoms with Crippen molar-refractivity contribution >= 4 is 57.4 Å². The molecule has 0 aliphatic rings. The van der Waals surface area contributed by atoms with Crippen LogP contribution in [0.25, 0.3) is 0 Å². The number of phenols is 1. The van der Waals surface area contributed by atoms with E-state index in [1.807, 2.05) is 45.2 Å². The highest BCUT2D eigenvalue weighted by Crippen LogP contribution is 2.26. The summed E-state index contributed by atoms with van der Waals surface area (Å²) in [4.78, 5) is 15.9. The number of carboxylic acid groups (broad SMARTS) is 1. The van der Waals surface area contributed by atoms with Crippen LogP contribution in [0.2, 0.25) is 0 Å². The molecule has 0 radical (unpaired) electrons. The minimum atomic E-state index is -0.988. The number of nitrogens with zero attached hydrogens (tertiary/aromatic N) is 1. The largest absolute Gasteiger partial charge is 0.506 e. The van der Waals surface area contributed by atoms with Gasteiger partial charge < -0.3 is 15.1 Å². The monoisotopic (exact) mass is 509 g/mol. The van der Waals surface area contributed by atoms with Crippen LogP contribution in [0, 0.1) is 7.14 Å². The number of aromatic hydroxyl groups is 1. The van der Waals surface area contributed by atoms with Gasteiger partial charge in [0.2, 0.25) is 0 Å². The smallest absolute Gasteiger partial charge is 0.335 e. The van der Waals surface area contributed by atoms with Gasteiger partial charge in [-0.2, -0.15) is 0 Å². The van der Waals surface area contributed by atoms with Gasteiger partial charge in [0.15, 0.2) is 5.75 Å². The molecule has 0 saturated heterocycles. The van der Waals surface area contributed by atoms with Crippen LogP contribution in [0.5, 0.6) is 11.5 Å². The Balaban J connectivity index is 2.07. The Labute approximate surface area is 147 Å². The van der Waals surface area contributed by atoms with E-state index in [0.717, 1.165) is 12.7 Å². The second kappa shape index (κ2) is 7.07. The summed E-state index contributed by atoms with van der Waals surface area (Å²) in [5.41, 5.74) is 0.984. The summed E-state index contributed by atoms with van der Waals surface area (Å²) < 4.78 is 1.46. The molecule has 0 saturated carbocycles. The molecule has 2 aromatic carbocycles. The molecule has 0 aliphatic carbocycles. The molecule has 0 heterocycles. The van der Waals surface area contributed by atoms with Crippen molar-refractivity contribution in [1.82, 2.24) is 0 Å². The fourth-order valence-corrected chi connectivity index (χ4v) is 3.28. The maximum atomic E-state index is 10.7. The minimum absolute atomic E-state index is 0.189. The van der Waals surface area contributed by atoms with Crippen LogP contribution in [-0.2, 0) is 0 Å². The Morgan fingerprint density at radius 1 is 1.14 bits per heavy atom. The van der Waals surface area contributed by atoms with Crippen molar-refractivity contribution < 1.29 is 19.8 Å². The molecule has 0 unspecified atom stereocenters. The van der Waals surface area contributed by atoms with Gasteiger partial charge in [-0.1, -0.05) is 5.16 Å². The molecular weight excluding hydrogens is 500 g/mol. The molecule has 0 fully saturated rings. The number of carboxylic acids is 1. The molecule has 2 N–H and O–H groups in total. The molecule has 21 heavy (non-hydrogen) atoms. The second-order valence-corrected chi connectivity index (χ2v) is 6.31. The third-order valence-corrected chi connectivity index (χ3v) is 4.15. The van der Waals surface area contributed by atoms with Gasteiger partial charge in [-0.05, 0) is 87.1 Å². The van der Waals surface area contributed by atoms with Gasteiger partial charge in [0, 0.05) is 0 Å². The topological polar surface area (TPSA) is 79.1 Å². The summed E-state index contributed by atoms with van der Waals surface area (Å²) in [5, 5.41) is 22.3. The molecule has 2 aromatic rings. The maximum absolute atomic E-state index is 10.7. The number of benzene rings is 2. The lowest BCUT2D eigenvalue weighted by Crippen LogP contribution is -1.95. The van der Waals surface area contributed by atoms with Crippen LogP contribution in [-0.4, -0.2) is 22.4 Å². The van der Waals surface area contributed by atoms with E-state index in [1.165, 1.54) is 30.5 Å². The molecule has 0 aliphatic heterocycles. The van der Waals surface area contributed by atoms with Crippen molar-refractivity contribution in [2.45, 2.75) is 0 Å². The average molecular weight is 509 g/mol. The molecule has 0 aromatic heterocycles. The van der Waals surface area contributed by atoms with Gasteiger partial charge in [-0.3, -0.25) is 0 Å². The van der Waals surface area contributed by atoms with Crippen molar-refractivity contribution in [1.29, 1.82) is 0 Å². The lowest BCUT2D eigenvalue weighted by molar-refractivity contribution is 0.0697. The lowest BCUT2D eigenvalue weighted by atomic mass is 10.2. The Bertz CT molecular complexity index is 676. The number of hydrogen-bond donors (Lipinski definition) is 2. The number of oxime groups is 1. The molecule has 0 amide bonds. The predicted octanol–water partition coefficient (Wildman–Crippen LogP) is 3.71. The standard InChI is InChI=1S/C14H9I2NO4/c15-11-5-8(6-12(16)13(11)18)7-17-21-10-3-1-9(2-4-10)14(19)20/h1-7,18H,(H,19,20)/b17-7+. The highest BCUT2D eigenvalue weighted by atomic mass is 127. The lowest BCUT2D eigenvalue weighted by Gasteiger charge is -2.02. The van der Waals surface area contributed by atoms with Crippen LogP contribution in [0.15, 0.2) is 41.6 Å². The number of phenolic OH excluding ortho intramolecular Hbond substituents is 1. The highest BCUT2D eigenvalue weighted by molar-refractivity contribution is 14.1. The first-order valence-electron chi connectivity index (χ1n) is 5.69. The van der Waals surface area contributed by atoms with Crippen molar-refractivity contribution in [3.63, 3.8) is 0 Å². The summed E-state index contributed by atoms with van der Waals surface area (Å²) in [6.45, 7) is 0. The van der Waals surface area contributed by atoms with E-state index in [9.17, 15) is 9.90 Å². The molecule has 5 nitrogen and oxygen atoms in total. The molecule has 7 heteroatoms. The van der Waals surface area contributed by atoms with E-state index in [-0.39, 0.29) is 11.3 Å². The summed E-state index contributed by atoms with van der Waals surface area (Å²) in [7, 11) is 0. The van der Waals surface area contributed by atoms with Gasteiger partial charge in [-0.25, -0.2) is 4.79 Å². The summed E-state index contributed by atoms with van der Waals surface area (Å²) >= 11 is 4.07. The predicted molar refractivity (Wildman–Crippen MR) is 95.2 cm³/mol. The average Bonchev–Trinajstić information content (AvgIpc) is 2.45. The molecular formula is C14H9I2NO4. The third-order valence-electron chi connectivity index (χ3n) is 2.50. The Morgan fingerprint density at radius 3 is 2.24 bits per heavy atom. The van der Waals surface area contributed by atoms with E-state index >= 15 is 0 Å². The second-order valence-electron chi connectivity index (χ2n) is 3.99. The normalized spacial score (nSPS) is 10.8. The first-order valence-corrected chi connectivity index (χ1v) is 7.85. The van der Waals surface area contributed by atoms with E-state index in [4.69, 9.17) is 9.94 Å². The van der Waals surface area contributed by atoms with Gasteiger partial charge in [0.05, 0.1) is 18.9 Å². The minimum Gasteiger partial charge on any atom is -0.506 e. The summed E-state index contributed by atoms with van der Waals surface area (Å²) in [5.74, 6) is -0.295. The molecule has 2 rings (SSSR count). The van der Waals surface area contributed by atoms with Crippen molar-refractivity contribution in [3.05, 3.63) is 54.7 Å². The fraction of sp³-hybridized carbons (Fsp3) is 0. The van der Waals surface area contributed by atoms with E-state index in [0.29, 0.717) is 5.75 Å². The quantitative estimate of drug-likeness (QED) is 0.375. The SMILES string of the molecule is O=C(O)c1ccc(O/N=C/c2cc(I)c(O)c(I)c2)cc1. The molecule has 0 spiro atoms. The molecule has 0 bridgehead atoms. The Morgan fingerprint density at radius 2 is 1.71 bits per heavy atom. The zero-order chi connectivity index (χ0) is 15.4. The molecule has 108 valence electrons. The number of halogens is 2. The van der Waals surface area contributed by atoms with Crippen LogP contribution in [0.3, 0.4) is 0 Å². The number of carbonyl (C=O) groups is 1. The van der Waals surface area contributed by atoms with E-state index in [1.54, 1.807) is 12.1 Å². The van der Waals surface area contributed by atoms with Gasteiger partial charge >= 0.3 is 5.97 Å². The maximum Gasteiger partial charge on any atom is 0.335 e. The van der Waals surface area contributed by atoms with Crippen molar-refractivity contribution in [2.24, 2.45) is 5.16 Å². The van der Waals surface area contributed by atoms with Crippen LogP contribution in [0.4, 0.5) is 0 Å². The van der Waals surface area contributed by atoms with Crippen molar-refractivity contribution in [2.75, 3.05) is 0 Å². The van der Waals surface area contributed by atoms with Gasteiger partial charge in [0.1, 0.15) is 5.75 Å². The first kappa shape index (κ1) is 16.0. The zero-order valence-corrected chi connectivity index (χ0v) is 14.8. The van der Waals surface area contributed by atoms with Crippen LogP contribution >= 0.6 is 45.2 Å².